The summed E-state index contributed by atoms with van der Waals surface area (Å²) >= 11 is 0. The van der Waals surface area contributed by atoms with Crippen molar-refractivity contribution in [1.29, 1.82) is 0 Å². The van der Waals surface area contributed by atoms with E-state index in [0.717, 1.165) is 9.80 Å². The van der Waals surface area contributed by atoms with Crippen LogP contribution in [0.4, 0.5) is 0 Å². The Hall–Kier alpha value is -0.330. The fraction of sp³-hybridized carbons (Fsp3) is 0.545. The van der Waals surface area contributed by atoms with Crippen molar-refractivity contribution in [2.45, 2.75) is 13.1 Å². The Balaban J connectivity index is 3.05. The maximum absolute atomic E-state index is 11.2. The van der Waals surface area contributed by atoms with E-state index < -0.39 is 55.5 Å². The van der Waals surface area contributed by atoms with Gasteiger partial charge in [-0.3, -0.25) is 33.0 Å². The van der Waals surface area contributed by atoms with Gasteiger partial charge in [-0.2, -0.15) is 0 Å². The Morgan fingerprint density at radius 2 is 0.867 bits per heavy atom. The molecule has 0 unspecified atom stereocenters. The van der Waals surface area contributed by atoms with Crippen LogP contribution in [-0.2, 0) is 31.3 Å². The molecule has 0 spiro atoms. The number of nitrogens with zero attached hydrogens (tertiary/aromatic N) is 3. The molecular formula is C11H23N3O12P4. The number of pyridine rings is 1. The second-order valence-corrected chi connectivity index (χ2v) is 13.0. The van der Waals surface area contributed by atoms with Crippen molar-refractivity contribution in [2.24, 2.45) is 0 Å². The first-order chi connectivity index (χ1) is 13.3. The van der Waals surface area contributed by atoms with Gasteiger partial charge in [0.2, 0.25) is 0 Å². The molecule has 1 rings (SSSR count). The lowest BCUT2D eigenvalue weighted by Crippen LogP contribution is -2.28. The predicted molar refractivity (Wildman–Crippen MR) is 103 cm³/mol. The zero-order valence-corrected chi connectivity index (χ0v) is 18.9. The van der Waals surface area contributed by atoms with E-state index in [2.05, 4.69) is 4.98 Å². The predicted octanol–water partition coefficient (Wildman–Crippen LogP) is -0.774. The summed E-state index contributed by atoms with van der Waals surface area (Å²) in [5.41, 5.74) is 0.225. The molecule has 0 bridgehead atoms. The largest absolute Gasteiger partial charge is 0.339 e. The van der Waals surface area contributed by atoms with Crippen LogP contribution in [0.15, 0.2) is 18.2 Å². The number of hydrogen-bond acceptors (Lipinski definition) is 7. The standard InChI is InChI=1S/C11H23N3O12P4/c15-27(16,17)6-13(7-28(18,19)20)4-10-2-1-3-11(12-10)5-14(8-29(21,22)23)9-30(24,25)26/h1-3H,4-9H2,(H2,15,16,17)(H2,18,19,20)(H2,21,22,23)(H2,24,25,26). The summed E-state index contributed by atoms with van der Waals surface area (Å²) in [4.78, 5) is 78.4. The Bertz CT molecular complexity index is 787. The van der Waals surface area contributed by atoms with Crippen LogP contribution in [0.3, 0.4) is 0 Å². The van der Waals surface area contributed by atoms with Gasteiger partial charge in [0.15, 0.2) is 0 Å². The quantitative estimate of drug-likeness (QED) is 0.160. The lowest BCUT2D eigenvalue weighted by Gasteiger charge is -2.24. The molecule has 1 heterocycles. The summed E-state index contributed by atoms with van der Waals surface area (Å²) in [6.45, 7) is -0.748. The molecule has 174 valence electrons. The van der Waals surface area contributed by atoms with Crippen LogP contribution in [0, 0.1) is 0 Å². The molecule has 0 amide bonds. The molecule has 0 radical (unpaired) electrons. The summed E-state index contributed by atoms with van der Waals surface area (Å²) in [7, 11) is -18.6. The van der Waals surface area contributed by atoms with Crippen molar-refractivity contribution in [3.8, 4) is 0 Å². The van der Waals surface area contributed by atoms with E-state index in [1.165, 1.54) is 18.2 Å². The third kappa shape index (κ3) is 13.9. The topological polar surface area (TPSA) is 249 Å². The van der Waals surface area contributed by atoms with E-state index in [4.69, 9.17) is 39.1 Å². The summed E-state index contributed by atoms with van der Waals surface area (Å²) < 4.78 is 44.9. The van der Waals surface area contributed by atoms with Gasteiger partial charge < -0.3 is 39.1 Å². The number of hydrogen-bond donors (Lipinski definition) is 8. The highest BCUT2D eigenvalue weighted by Gasteiger charge is 2.28. The molecule has 0 aliphatic rings. The average Bonchev–Trinajstić information content (AvgIpc) is 2.39. The summed E-state index contributed by atoms with van der Waals surface area (Å²) in [5, 5.41) is 0. The van der Waals surface area contributed by atoms with Gasteiger partial charge in [-0.25, -0.2) is 0 Å². The van der Waals surface area contributed by atoms with Gasteiger partial charge in [-0.15, -0.1) is 0 Å². The molecule has 8 N–H and O–H groups in total. The van der Waals surface area contributed by atoms with Crippen molar-refractivity contribution in [1.82, 2.24) is 14.8 Å². The minimum atomic E-state index is -4.65. The molecule has 0 aliphatic heterocycles. The maximum Gasteiger partial charge on any atom is 0.339 e. The van der Waals surface area contributed by atoms with E-state index in [0.29, 0.717) is 0 Å². The third-order valence-corrected chi connectivity index (χ3v) is 6.25. The Morgan fingerprint density at radius 1 is 0.600 bits per heavy atom. The first kappa shape index (κ1) is 27.7. The molecule has 0 saturated heterocycles. The van der Waals surface area contributed by atoms with Crippen molar-refractivity contribution in [3.05, 3.63) is 29.6 Å². The Labute approximate surface area is 171 Å². The minimum absolute atomic E-state index is 0.113. The van der Waals surface area contributed by atoms with Gasteiger partial charge in [0, 0.05) is 13.1 Å². The van der Waals surface area contributed by atoms with Crippen LogP contribution in [0.2, 0.25) is 0 Å². The number of aromatic nitrogens is 1. The van der Waals surface area contributed by atoms with Crippen LogP contribution in [-0.4, -0.2) is 79.1 Å². The zero-order valence-electron chi connectivity index (χ0n) is 15.3. The lowest BCUT2D eigenvalue weighted by atomic mass is 10.3. The van der Waals surface area contributed by atoms with E-state index >= 15 is 0 Å². The molecule has 1 aromatic heterocycles. The normalized spacial score (nSPS) is 13.9. The van der Waals surface area contributed by atoms with E-state index in [-0.39, 0.29) is 24.5 Å². The first-order valence-electron chi connectivity index (χ1n) is 7.89. The molecule has 15 nitrogen and oxygen atoms in total. The molecule has 0 saturated carbocycles. The highest BCUT2D eigenvalue weighted by atomic mass is 31.2. The fourth-order valence-electron chi connectivity index (χ4n) is 2.50. The van der Waals surface area contributed by atoms with Gasteiger partial charge in [-0.05, 0) is 12.1 Å². The van der Waals surface area contributed by atoms with Gasteiger partial charge >= 0.3 is 30.4 Å². The van der Waals surface area contributed by atoms with Crippen molar-refractivity contribution < 1.29 is 57.4 Å². The molecular weight excluding hydrogens is 490 g/mol. The minimum Gasteiger partial charge on any atom is -0.324 e. The van der Waals surface area contributed by atoms with Crippen LogP contribution >= 0.6 is 30.4 Å². The summed E-state index contributed by atoms with van der Waals surface area (Å²) in [5.74, 6) is 0. The van der Waals surface area contributed by atoms with Crippen molar-refractivity contribution >= 4 is 30.4 Å². The van der Waals surface area contributed by atoms with E-state index in [1.54, 1.807) is 0 Å². The first-order valence-corrected chi connectivity index (χ1v) is 15.1. The number of rotatable bonds is 12. The molecule has 30 heavy (non-hydrogen) atoms. The maximum atomic E-state index is 11.2. The second kappa shape index (κ2) is 10.5. The van der Waals surface area contributed by atoms with Gasteiger partial charge in [0.25, 0.3) is 0 Å². The summed E-state index contributed by atoms with van der Waals surface area (Å²) in [6, 6.07) is 4.18. The lowest BCUT2D eigenvalue weighted by molar-refractivity contribution is 0.268. The molecule has 1 aromatic rings. The molecule has 0 atom stereocenters. The van der Waals surface area contributed by atoms with E-state index in [9.17, 15) is 18.3 Å². The van der Waals surface area contributed by atoms with Gasteiger partial charge in [0.05, 0.1) is 11.4 Å². The average molecular weight is 513 g/mol. The van der Waals surface area contributed by atoms with Crippen molar-refractivity contribution in [2.75, 3.05) is 25.1 Å². The Kier molecular flexibility index (Phi) is 9.72. The molecule has 0 aliphatic carbocycles. The van der Waals surface area contributed by atoms with E-state index in [1.807, 2.05) is 0 Å². The third-order valence-electron chi connectivity index (χ3n) is 3.17. The van der Waals surface area contributed by atoms with Crippen LogP contribution in [0.5, 0.6) is 0 Å². The highest BCUT2D eigenvalue weighted by molar-refractivity contribution is 7.53. The van der Waals surface area contributed by atoms with Crippen LogP contribution in [0.25, 0.3) is 0 Å². The SMILES string of the molecule is O=P(O)(O)CN(Cc1cccc(CN(CP(=O)(O)O)CP(=O)(O)O)n1)CP(=O)(O)O. The van der Waals surface area contributed by atoms with Crippen LogP contribution < -0.4 is 0 Å². The molecule has 0 aromatic carbocycles. The fourth-order valence-corrected chi connectivity index (χ4v) is 5.69. The van der Waals surface area contributed by atoms with Gasteiger partial charge in [-0.1, -0.05) is 6.07 Å². The summed E-state index contributed by atoms with van der Waals surface area (Å²) in [6.07, 6.45) is -3.81. The smallest absolute Gasteiger partial charge is 0.324 e. The zero-order chi connectivity index (χ0) is 23.4. The Morgan fingerprint density at radius 3 is 1.10 bits per heavy atom. The monoisotopic (exact) mass is 513 g/mol. The van der Waals surface area contributed by atoms with Crippen LogP contribution in [0.1, 0.15) is 11.4 Å². The highest BCUT2D eigenvalue weighted by Crippen LogP contribution is 2.42. The molecule has 0 fully saturated rings. The van der Waals surface area contributed by atoms with Gasteiger partial charge in [0.1, 0.15) is 25.1 Å². The second-order valence-electron chi connectivity index (χ2n) is 6.50. The van der Waals surface area contributed by atoms with Crippen molar-refractivity contribution in [3.63, 3.8) is 0 Å². The molecule has 19 heteroatoms.